The fourth-order valence-electron chi connectivity index (χ4n) is 3.73. The zero-order valence-corrected chi connectivity index (χ0v) is 18.8. The fraction of sp³-hybridized carbons (Fsp3) is 0.200. The Balaban J connectivity index is 1.32. The largest absolute Gasteiger partial charge is 0.336 e. The minimum Gasteiger partial charge on any atom is -0.336 e. The highest BCUT2D eigenvalue weighted by atomic mass is 32.2. The average molecular weight is 461 g/mol. The van der Waals surface area contributed by atoms with Crippen molar-refractivity contribution >= 4 is 21.6 Å². The van der Waals surface area contributed by atoms with Gasteiger partial charge in [0.05, 0.1) is 16.5 Å². The van der Waals surface area contributed by atoms with Crippen molar-refractivity contribution in [1.82, 2.24) is 9.80 Å². The van der Waals surface area contributed by atoms with Crippen LogP contribution in [0.2, 0.25) is 0 Å². The van der Waals surface area contributed by atoms with Gasteiger partial charge in [-0.15, -0.1) is 0 Å². The van der Waals surface area contributed by atoms with Gasteiger partial charge in [0.15, 0.2) is 0 Å². The molecule has 0 unspecified atom stereocenters. The van der Waals surface area contributed by atoms with Gasteiger partial charge in [-0.1, -0.05) is 30.3 Å². The van der Waals surface area contributed by atoms with Crippen LogP contribution in [0.3, 0.4) is 0 Å². The lowest BCUT2D eigenvalue weighted by atomic mass is 10.1. The van der Waals surface area contributed by atoms with Gasteiger partial charge in [-0.25, -0.2) is 8.42 Å². The van der Waals surface area contributed by atoms with Gasteiger partial charge in [0, 0.05) is 44.0 Å². The molecule has 8 heteroatoms. The summed E-state index contributed by atoms with van der Waals surface area (Å²) in [6, 6.07) is 24.3. The van der Waals surface area contributed by atoms with Gasteiger partial charge >= 0.3 is 0 Å². The van der Waals surface area contributed by atoms with Crippen molar-refractivity contribution in [2.75, 3.05) is 30.9 Å². The molecular weight excluding hydrogens is 436 g/mol. The number of nitriles is 1. The van der Waals surface area contributed by atoms with Crippen molar-refractivity contribution in [2.24, 2.45) is 0 Å². The van der Waals surface area contributed by atoms with Crippen molar-refractivity contribution in [3.8, 4) is 6.07 Å². The Morgan fingerprint density at radius 2 is 1.52 bits per heavy atom. The van der Waals surface area contributed by atoms with Crippen molar-refractivity contribution in [2.45, 2.75) is 11.4 Å². The molecule has 33 heavy (non-hydrogen) atoms. The molecule has 168 valence electrons. The molecule has 1 amide bonds. The van der Waals surface area contributed by atoms with E-state index in [4.69, 9.17) is 5.26 Å². The van der Waals surface area contributed by atoms with E-state index in [1.165, 1.54) is 12.1 Å². The number of piperazine rings is 1. The lowest BCUT2D eigenvalue weighted by Gasteiger charge is -2.34. The summed E-state index contributed by atoms with van der Waals surface area (Å²) in [5.74, 6) is -0.0644. The summed E-state index contributed by atoms with van der Waals surface area (Å²) in [5.41, 5.74) is 2.72. The molecule has 0 saturated carbocycles. The maximum Gasteiger partial charge on any atom is 0.261 e. The lowest BCUT2D eigenvalue weighted by molar-refractivity contribution is 0.0628. The fourth-order valence-corrected chi connectivity index (χ4v) is 4.81. The Hall–Kier alpha value is -3.67. The zero-order chi connectivity index (χ0) is 23.3. The summed E-state index contributed by atoms with van der Waals surface area (Å²) in [5, 5.41) is 8.91. The number of carbonyl (C=O) groups is 1. The molecule has 3 aromatic rings. The van der Waals surface area contributed by atoms with Crippen molar-refractivity contribution in [3.63, 3.8) is 0 Å². The molecular formula is C25H24N4O3S. The van der Waals surface area contributed by atoms with E-state index in [2.05, 4.69) is 15.7 Å². The van der Waals surface area contributed by atoms with Gasteiger partial charge in [-0.2, -0.15) is 5.26 Å². The van der Waals surface area contributed by atoms with E-state index in [0.29, 0.717) is 29.9 Å². The molecule has 3 aromatic carbocycles. The van der Waals surface area contributed by atoms with Crippen molar-refractivity contribution < 1.29 is 13.2 Å². The first-order valence-corrected chi connectivity index (χ1v) is 12.1. The Bertz CT molecular complexity index is 1240. The molecule has 1 aliphatic rings. The Morgan fingerprint density at radius 1 is 0.879 bits per heavy atom. The third kappa shape index (κ3) is 5.58. The van der Waals surface area contributed by atoms with Gasteiger partial charge in [0.25, 0.3) is 15.9 Å². The van der Waals surface area contributed by atoms with Gasteiger partial charge in [-0.3, -0.25) is 14.4 Å². The summed E-state index contributed by atoms with van der Waals surface area (Å²) < 4.78 is 27.5. The van der Waals surface area contributed by atoms with Crippen LogP contribution in [0.4, 0.5) is 5.69 Å². The summed E-state index contributed by atoms with van der Waals surface area (Å²) in [6.07, 6.45) is 0. The monoisotopic (exact) mass is 460 g/mol. The van der Waals surface area contributed by atoms with E-state index in [1.54, 1.807) is 42.5 Å². The van der Waals surface area contributed by atoms with E-state index in [9.17, 15) is 13.2 Å². The normalized spacial score (nSPS) is 14.5. The molecule has 0 atom stereocenters. The van der Waals surface area contributed by atoms with Crippen LogP contribution in [0.1, 0.15) is 21.5 Å². The highest BCUT2D eigenvalue weighted by molar-refractivity contribution is 7.92. The quantitative estimate of drug-likeness (QED) is 0.609. The number of hydrogen-bond donors (Lipinski definition) is 1. The van der Waals surface area contributed by atoms with Crippen LogP contribution >= 0.6 is 0 Å². The second-order valence-corrected chi connectivity index (χ2v) is 9.56. The summed E-state index contributed by atoms with van der Waals surface area (Å²) in [6.45, 7) is 3.56. The Kier molecular flexibility index (Phi) is 6.73. The maximum atomic E-state index is 12.9. The zero-order valence-electron chi connectivity index (χ0n) is 18.0. The first-order valence-electron chi connectivity index (χ1n) is 10.6. The van der Waals surface area contributed by atoms with E-state index in [1.807, 2.05) is 29.2 Å². The Labute approximate surface area is 193 Å². The molecule has 0 bridgehead atoms. The lowest BCUT2D eigenvalue weighted by Crippen LogP contribution is -2.48. The average Bonchev–Trinajstić information content (AvgIpc) is 2.85. The van der Waals surface area contributed by atoms with Crippen LogP contribution in [-0.4, -0.2) is 50.3 Å². The smallest absolute Gasteiger partial charge is 0.261 e. The van der Waals surface area contributed by atoms with Crippen molar-refractivity contribution in [3.05, 3.63) is 95.6 Å². The number of nitrogens with zero attached hydrogens (tertiary/aromatic N) is 3. The molecule has 1 N–H and O–H groups in total. The van der Waals surface area contributed by atoms with Crippen LogP contribution in [0, 0.1) is 11.3 Å². The summed E-state index contributed by atoms with van der Waals surface area (Å²) in [4.78, 5) is 17.2. The number of benzene rings is 3. The number of nitrogens with one attached hydrogen (secondary N) is 1. The van der Waals surface area contributed by atoms with Crippen LogP contribution in [0.5, 0.6) is 0 Å². The molecule has 0 aliphatic carbocycles. The maximum absolute atomic E-state index is 12.9. The number of amides is 1. The summed E-state index contributed by atoms with van der Waals surface area (Å²) in [7, 11) is -3.67. The molecule has 0 radical (unpaired) electrons. The molecule has 1 fully saturated rings. The molecule has 4 rings (SSSR count). The SMILES string of the molecule is N#Cc1ccc(CN2CCN(C(=O)c3ccc(NS(=O)(=O)c4ccccc4)cc3)CC2)cc1. The van der Waals surface area contributed by atoms with E-state index >= 15 is 0 Å². The number of anilines is 1. The number of rotatable bonds is 6. The first kappa shape index (κ1) is 22.5. The second-order valence-electron chi connectivity index (χ2n) is 7.87. The third-order valence-electron chi connectivity index (χ3n) is 5.59. The summed E-state index contributed by atoms with van der Waals surface area (Å²) >= 11 is 0. The van der Waals surface area contributed by atoms with Gasteiger partial charge in [-0.05, 0) is 54.1 Å². The van der Waals surface area contributed by atoms with Crippen LogP contribution in [0.25, 0.3) is 0 Å². The van der Waals surface area contributed by atoms with E-state index in [0.717, 1.165) is 25.2 Å². The molecule has 1 aliphatic heterocycles. The minimum atomic E-state index is -3.67. The van der Waals surface area contributed by atoms with Gasteiger partial charge < -0.3 is 4.90 Å². The van der Waals surface area contributed by atoms with Gasteiger partial charge in [0.2, 0.25) is 0 Å². The number of sulfonamides is 1. The highest BCUT2D eigenvalue weighted by Gasteiger charge is 2.22. The van der Waals surface area contributed by atoms with Crippen LogP contribution in [0.15, 0.2) is 83.8 Å². The van der Waals surface area contributed by atoms with Crippen molar-refractivity contribution in [1.29, 1.82) is 5.26 Å². The van der Waals surface area contributed by atoms with Crippen LogP contribution < -0.4 is 4.72 Å². The topological polar surface area (TPSA) is 93.5 Å². The molecule has 0 spiro atoms. The third-order valence-corrected chi connectivity index (χ3v) is 6.98. The van der Waals surface area contributed by atoms with E-state index in [-0.39, 0.29) is 10.8 Å². The standard InChI is InChI=1S/C25H24N4O3S/c26-18-20-6-8-21(9-7-20)19-28-14-16-29(17-15-28)25(30)22-10-12-23(13-11-22)27-33(31,32)24-4-2-1-3-5-24/h1-13,27H,14-17,19H2. The molecule has 0 aromatic heterocycles. The number of carbonyl (C=O) groups excluding carboxylic acids is 1. The molecule has 1 saturated heterocycles. The number of hydrogen-bond acceptors (Lipinski definition) is 5. The highest BCUT2D eigenvalue weighted by Crippen LogP contribution is 2.18. The molecule has 7 nitrogen and oxygen atoms in total. The second kappa shape index (κ2) is 9.86. The predicted molar refractivity (Wildman–Crippen MR) is 126 cm³/mol. The first-order chi connectivity index (χ1) is 15.9. The van der Waals surface area contributed by atoms with Gasteiger partial charge in [0.1, 0.15) is 0 Å². The Morgan fingerprint density at radius 3 is 2.12 bits per heavy atom. The minimum absolute atomic E-state index is 0.0644. The van der Waals surface area contributed by atoms with Crippen LogP contribution in [-0.2, 0) is 16.6 Å². The van der Waals surface area contributed by atoms with E-state index < -0.39 is 10.0 Å². The predicted octanol–water partition coefficient (Wildman–Crippen LogP) is 3.32. The molecule has 1 heterocycles.